The van der Waals surface area contributed by atoms with E-state index in [4.69, 9.17) is 9.97 Å². The molecule has 1 aliphatic rings. The minimum Gasteiger partial charge on any atom is -0.340 e. The number of nitrogens with one attached hydrogen (secondary N) is 2. The summed E-state index contributed by atoms with van der Waals surface area (Å²) < 4.78 is 14.6. The van der Waals surface area contributed by atoms with Gasteiger partial charge in [-0.2, -0.15) is 0 Å². The van der Waals surface area contributed by atoms with Crippen molar-refractivity contribution in [2.75, 3.05) is 25.5 Å². The number of rotatable bonds is 5. The van der Waals surface area contributed by atoms with Crippen molar-refractivity contribution in [1.82, 2.24) is 24.8 Å². The molecule has 0 bridgehead atoms. The molecule has 168 valence electrons. The molecule has 8 heteroatoms. The smallest absolute Gasteiger partial charge is 0.227 e. The monoisotopic (exact) mass is 506 g/mol. The van der Waals surface area contributed by atoms with Gasteiger partial charge in [0.05, 0.1) is 17.1 Å². The highest BCUT2D eigenvalue weighted by Crippen LogP contribution is 2.34. The highest BCUT2D eigenvalue weighted by molar-refractivity contribution is 9.10. The number of piperidine rings is 1. The molecule has 0 saturated carbocycles. The summed E-state index contributed by atoms with van der Waals surface area (Å²) in [5.74, 6) is 1.54. The zero-order valence-corrected chi connectivity index (χ0v) is 19.8. The Morgan fingerprint density at radius 2 is 1.85 bits per heavy atom. The Morgan fingerprint density at radius 3 is 2.61 bits per heavy atom. The van der Waals surface area contributed by atoms with Crippen LogP contribution in [0.2, 0.25) is 0 Å². The van der Waals surface area contributed by atoms with Crippen molar-refractivity contribution in [3.63, 3.8) is 0 Å². The number of halogens is 2. The van der Waals surface area contributed by atoms with Crippen molar-refractivity contribution in [3.05, 3.63) is 76.9 Å². The number of imidazole rings is 1. The van der Waals surface area contributed by atoms with Gasteiger partial charge in [0.2, 0.25) is 5.95 Å². The topological polar surface area (TPSA) is 69.7 Å². The van der Waals surface area contributed by atoms with Gasteiger partial charge >= 0.3 is 0 Å². The molecule has 2 aromatic carbocycles. The fraction of sp³-hybridized carbons (Fsp3) is 0.240. The van der Waals surface area contributed by atoms with E-state index in [9.17, 15) is 4.39 Å². The van der Waals surface area contributed by atoms with Crippen LogP contribution in [0.5, 0.6) is 0 Å². The maximum atomic E-state index is 13.6. The molecule has 0 aliphatic carbocycles. The van der Waals surface area contributed by atoms with E-state index in [1.807, 2.05) is 30.3 Å². The van der Waals surface area contributed by atoms with Crippen LogP contribution >= 0.6 is 15.9 Å². The van der Waals surface area contributed by atoms with E-state index in [0.29, 0.717) is 11.9 Å². The lowest BCUT2D eigenvalue weighted by atomic mass is 9.96. The summed E-state index contributed by atoms with van der Waals surface area (Å²) in [5.41, 5.74) is 4.05. The lowest BCUT2D eigenvalue weighted by Gasteiger charge is -2.27. The average Bonchev–Trinajstić information content (AvgIpc) is 3.26. The highest BCUT2D eigenvalue weighted by atomic mass is 79.9. The van der Waals surface area contributed by atoms with Gasteiger partial charge in [0.25, 0.3) is 0 Å². The molecule has 6 nitrogen and oxygen atoms in total. The van der Waals surface area contributed by atoms with Gasteiger partial charge in [0, 0.05) is 27.8 Å². The number of likely N-dealkylation sites (tertiary alicyclic amines) is 1. The summed E-state index contributed by atoms with van der Waals surface area (Å²) in [5, 5.41) is 3.25. The average molecular weight is 507 g/mol. The SMILES string of the molecule is CN1CCC(c2nc(-c3ccc(F)cc3)c(-c3ccnc(Nc4cccc(Br)c4)n3)[nH]2)CC1. The molecule has 0 unspecified atom stereocenters. The Morgan fingerprint density at radius 1 is 1.06 bits per heavy atom. The molecule has 1 saturated heterocycles. The molecule has 2 aromatic heterocycles. The van der Waals surface area contributed by atoms with E-state index in [-0.39, 0.29) is 5.82 Å². The molecule has 2 N–H and O–H groups in total. The summed E-state index contributed by atoms with van der Waals surface area (Å²) >= 11 is 3.49. The molecule has 33 heavy (non-hydrogen) atoms. The first-order valence-corrected chi connectivity index (χ1v) is 11.7. The van der Waals surface area contributed by atoms with Crippen molar-refractivity contribution in [2.24, 2.45) is 0 Å². The first-order chi connectivity index (χ1) is 16.0. The van der Waals surface area contributed by atoms with Crippen LogP contribution in [0.1, 0.15) is 24.6 Å². The van der Waals surface area contributed by atoms with Gasteiger partial charge in [0.15, 0.2) is 0 Å². The number of aromatic amines is 1. The number of H-pyrrole nitrogens is 1. The third-order valence-electron chi connectivity index (χ3n) is 5.94. The summed E-state index contributed by atoms with van der Waals surface area (Å²) in [6.45, 7) is 2.08. The van der Waals surface area contributed by atoms with Crippen molar-refractivity contribution in [2.45, 2.75) is 18.8 Å². The van der Waals surface area contributed by atoms with E-state index in [1.54, 1.807) is 18.3 Å². The second kappa shape index (κ2) is 9.41. The minimum atomic E-state index is -0.270. The van der Waals surface area contributed by atoms with Gasteiger partial charge < -0.3 is 15.2 Å². The zero-order chi connectivity index (χ0) is 22.8. The quantitative estimate of drug-likeness (QED) is 0.348. The predicted molar refractivity (Wildman–Crippen MR) is 132 cm³/mol. The van der Waals surface area contributed by atoms with Crippen molar-refractivity contribution in [1.29, 1.82) is 0 Å². The summed E-state index contributed by atoms with van der Waals surface area (Å²) in [4.78, 5) is 20.0. The number of hydrogen-bond acceptors (Lipinski definition) is 5. The minimum absolute atomic E-state index is 0.270. The van der Waals surface area contributed by atoms with Crippen molar-refractivity contribution in [3.8, 4) is 22.6 Å². The number of aromatic nitrogens is 4. The van der Waals surface area contributed by atoms with Crippen LogP contribution < -0.4 is 5.32 Å². The zero-order valence-electron chi connectivity index (χ0n) is 18.2. The molecule has 0 atom stereocenters. The standard InChI is InChI=1S/C25H24BrFN6/c1-33-13-10-17(11-14-33)24-31-22(16-5-7-19(27)8-6-16)23(32-24)21-9-12-28-25(30-21)29-20-4-2-3-18(26)15-20/h2-9,12,15,17H,10-11,13-14H2,1H3,(H,31,32)(H,28,29,30). The third-order valence-corrected chi connectivity index (χ3v) is 6.43. The molecule has 4 aromatic rings. The fourth-order valence-electron chi connectivity index (χ4n) is 4.12. The Kier molecular flexibility index (Phi) is 6.20. The maximum absolute atomic E-state index is 13.6. The predicted octanol–water partition coefficient (Wildman–Crippen LogP) is 5.99. The molecule has 1 aliphatic heterocycles. The van der Waals surface area contributed by atoms with E-state index < -0.39 is 0 Å². The summed E-state index contributed by atoms with van der Waals surface area (Å²) in [7, 11) is 2.15. The molecule has 3 heterocycles. The third kappa shape index (κ3) is 4.96. The van der Waals surface area contributed by atoms with Crippen LogP contribution in [0.15, 0.2) is 65.3 Å². The Balaban J connectivity index is 1.52. The molecule has 0 spiro atoms. The Labute approximate surface area is 200 Å². The van der Waals surface area contributed by atoms with E-state index in [1.165, 1.54) is 12.1 Å². The number of nitrogens with zero attached hydrogens (tertiary/aromatic N) is 4. The van der Waals surface area contributed by atoms with Crippen LogP contribution in [0.25, 0.3) is 22.6 Å². The van der Waals surface area contributed by atoms with E-state index >= 15 is 0 Å². The van der Waals surface area contributed by atoms with Crippen molar-refractivity contribution >= 4 is 27.6 Å². The van der Waals surface area contributed by atoms with Crippen molar-refractivity contribution < 1.29 is 4.39 Å². The largest absolute Gasteiger partial charge is 0.340 e. The van der Waals surface area contributed by atoms with Gasteiger partial charge in [-0.1, -0.05) is 22.0 Å². The van der Waals surface area contributed by atoms with Gasteiger partial charge in [-0.25, -0.2) is 19.3 Å². The van der Waals surface area contributed by atoms with Crippen LogP contribution in [-0.4, -0.2) is 45.0 Å². The lowest BCUT2D eigenvalue weighted by molar-refractivity contribution is 0.251. The normalized spacial score (nSPS) is 15.0. The second-order valence-electron chi connectivity index (χ2n) is 8.33. The number of hydrogen-bond donors (Lipinski definition) is 2. The van der Waals surface area contributed by atoms with Gasteiger partial charge in [-0.05, 0) is 81.5 Å². The first-order valence-electron chi connectivity index (χ1n) is 11.0. The molecular formula is C25H24BrFN6. The molecule has 0 radical (unpaired) electrons. The fourth-order valence-corrected chi connectivity index (χ4v) is 4.52. The number of anilines is 2. The first kappa shape index (κ1) is 21.7. The summed E-state index contributed by atoms with van der Waals surface area (Å²) in [6.07, 6.45) is 3.82. The Bertz CT molecular complexity index is 1250. The molecule has 5 rings (SSSR count). The maximum Gasteiger partial charge on any atom is 0.227 e. The van der Waals surface area contributed by atoms with Crippen LogP contribution in [-0.2, 0) is 0 Å². The number of benzene rings is 2. The second-order valence-corrected chi connectivity index (χ2v) is 9.25. The van der Waals surface area contributed by atoms with Gasteiger partial charge in [-0.3, -0.25) is 0 Å². The molecule has 0 amide bonds. The summed E-state index contributed by atoms with van der Waals surface area (Å²) in [6, 6.07) is 16.1. The Hall–Kier alpha value is -3.10. The lowest BCUT2D eigenvalue weighted by Crippen LogP contribution is -2.29. The van der Waals surface area contributed by atoms with Gasteiger partial charge in [0.1, 0.15) is 11.6 Å². The van der Waals surface area contributed by atoms with Gasteiger partial charge in [-0.15, -0.1) is 0 Å². The van der Waals surface area contributed by atoms with E-state index in [2.05, 4.69) is 43.2 Å². The van der Waals surface area contributed by atoms with Crippen LogP contribution in [0.4, 0.5) is 16.0 Å². The van der Waals surface area contributed by atoms with Crippen LogP contribution in [0.3, 0.4) is 0 Å². The molecular weight excluding hydrogens is 483 g/mol. The highest BCUT2D eigenvalue weighted by Gasteiger charge is 2.24. The van der Waals surface area contributed by atoms with E-state index in [0.717, 1.165) is 64.6 Å². The van der Waals surface area contributed by atoms with Crippen LogP contribution in [0, 0.1) is 5.82 Å². The molecule has 1 fully saturated rings.